The summed E-state index contributed by atoms with van der Waals surface area (Å²) in [5.41, 5.74) is 2.34. The number of rotatable bonds is 4. The molecule has 1 N–H and O–H groups in total. The Kier molecular flexibility index (Phi) is 3.69. The molecule has 4 heterocycles. The maximum atomic E-state index is 8.98. The highest BCUT2D eigenvalue weighted by Crippen LogP contribution is 2.23. The Morgan fingerprint density at radius 1 is 1.12 bits per heavy atom. The van der Waals surface area contributed by atoms with Gasteiger partial charge in [0.15, 0.2) is 11.5 Å². The third kappa shape index (κ3) is 2.57. The Labute approximate surface area is 146 Å². The lowest BCUT2D eigenvalue weighted by Gasteiger charge is -2.11. The number of nitriles is 2. The molecule has 4 rings (SSSR count). The fourth-order valence-electron chi connectivity index (χ4n) is 2.50. The van der Waals surface area contributed by atoms with Gasteiger partial charge in [0.25, 0.3) is 0 Å². The summed E-state index contributed by atoms with van der Waals surface area (Å²) in [6.07, 6.45) is 7.96. The first-order valence-electron chi connectivity index (χ1n) is 7.52. The van der Waals surface area contributed by atoms with Crippen molar-refractivity contribution in [3.05, 3.63) is 48.7 Å². The van der Waals surface area contributed by atoms with Gasteiger partial charge in [-0.25, -0.2) is 14.6 Å². The second-order valence-corrected chi connectivity index (χ2v) is 5.22. The summed E-state index contributed by atoms with van der Waals surface area (Å²) in [6, 6.07) is 7.56. The largest absolute Gasteiger partial charge is 0.370 e. The lowest BCUT2D eigenvalue weighted by molar-refractivity contribution is 0.794. The quantitative estimate of drug-likeness (QED) is 0.547. The van der Waals surface area contributed by atoms with Gasteiger partial charge in [-0.1, -0.05) is 5.21 Å². The van der Waals surface area contributed by atoms with Gasteiger partial charge < -0.3 is 5.32 Å². The van der Waals surface area contributed by atoms with Crippen molar-refractivity contribution in [3.63, 3.8) is 0 Å². The molecule has 0 spiro atoms. The summed E-state index contributed by atoms with van der Waals surface area (Å²) < 4.78 is 3.12. The van der Waals surface area contributed by atoms with Crippen LogP contribution in [0.2, 0.25) is 0 Å². The summed E-state index contributed by atoms with van der Waals surface area (Å²) >= 11 is 0. The van der Waals surface area contributed by atoms with Gasteiger partial charge >= 0.3 is 0 Å². The lowest BCUT2D eigenvalue weighted by atomic mass is 10.2. The predicted molar refractivity (Wildman–Crippen MR) is 90.4 cm³/mol. The van der Waals surface area contributed by atoms with Crippen LogP contribution in [-0.2, 0) is 0 Å². The number of nitrogens with one attached hydrogen (secondary N) is 1. The van der Waals surface area contributed by atoms with E-state index in [4.69, 9.17) is 10.5 Å². The molecule has 0 bridgehead atoms. The minimum Gasteiger partial charge on any atom is -0.370 e. The van der Waals surface area contributed by atoms with E-state index >= 15 is 0 Å². The van der Waals surface area contributed by atoms with Crippen LogP contribution in [0.4, 0.5) is 5.69 Å². The van der Waals surface area contributed by atoms with E-state index in [0.29, 0.717) is 28.4 Å². The monoisotopic (exact) mass is 342 g/mol. The van der Waals surface area contributed by atoms with E-state index < -0.39 is 0 Å². The van der Waals surface area contributed by atoms with Crippen molar-refractivity contribution in [2.75, 3.05) is 11.9 Å². The summed E-state index contributed by atoms with van der Waals surface area (Å²) in [5, 5.41) is 33.7. The molecule has 10 heteroatoms. The molecule has 0 fully saturated rings. The first-order valence-corrected chi connectivity index (χ1v) is 7.52. The fourth-order valence-corrected chi connectivity index (χ4v) is 2.50. The Hall–Kier alpha value is -4.31. The Balaban J connectivity index is 1.83. The molecule has 4 aromatic heterocycles. The molecule has 0 saturated heterocycles. The van der Waals surface area contributed by atoms with E-state index in [1.165, 1.54) is 6.20 Å². The average molecular weight is 342 g/mol. The topological polar surface area (TPSA) is 134 Å². The van der Waals surface area contributed by atoms with Gasteiger partial charge in [0.2, 0.25) is 0 Å². The molecule has 0 radical (unpaired) electrons. The zero-order valence-electron chi connectivity index (χ0n) is 13.3. The maximum absolute atomic E-state index is 8.98. The molecule has 0 aliphatic heterocycles. The van der Waals surface area contributed by atoms with E-state index in [0.717, 1.165) is 5.39 Å². The van der Waals surface area contributed by atoms with Crippen molar-refractivity contribution in [1.29, 1.82) is 10.5 Å². The number of pyridine rings is 2. The van der Waals surface area contributed by atoms with Crippen LogP contribution in [0.25, 0.3) is 22.5 Å². The van der Waals surface area contributed by atoms with Crippen LogP contribution in [0.15, 0.2) is 43.1 Å². The molecule has 0 aliphatic carbocycles. The van der Waals surface area contributed by atoms with Crippen molar-refractivity contribution in [3.8, 4) is 23.6 Å². The number of aromatic nitrogens is 7. The number of anilines is 1. The van der Waals surface area contributed by atoms with Crippen molar-refractivity contribution in [1.82, 2.24) is 34.7 Å². The van der Waals surface area contributed by atoms with Crippen LogP contribution in [0.3, 0.4) is 0 Å². The Morgan fingerprint density at radius 2 is 2.04 bits per heavy atom. The molecule has 0 aromatic carbocycles. The molecule has 4 aromatic rings. The predicted octanol–water partition coefficient (Wildman–Crippen LogP) is 1.20. The Morgan fingerprint density at radius 3 is 2.81 bits per heavy atom. The van der Waals surface area contributed by atoms with Crippen molar-refractivity contribution in [2.24, 2.45) is 0 Å². The van der Waals surface area contributed by atoms with Crippen molar-refractivity contribution in [2.45, 2.75) is 0 Å². The molecule has 0 atom stereocenters. The highest BCUT2D eigenvalue weighted by molar-refractivity contribution is 5.77. The number of nitrogens with zero attached hydrogens (tertiary/aromatic N) is 9. The van der Waals surface area contributed by atoms with Gasteiger partial charge in [-0.2, -0.15) is 20.3 Å². The normalized spacial score (nSPS) is 10.4. The van der Waals surface area contributed by atoms with Crippen LogP contribution in [-0.4, -0.2) is 41.3 Å². The Bertz CT molecular complexity index is 1160. The number of fused-ring (bicyclic) bond motifs is 1. The van der Waals surface area contributed by atoms with Gasteiger partial charge in [0.1, 0.15) is 18.3 Å². The van der Waals surface area contributed by atoms with Crippen LogP contribution < -0.4 is 5.32 Å². The zero-order valence-corrected chi connectivity index (χ0v) is 13.3. The van der Waals surface area contributed by atoms with Crippen molar-refractivity contribution < 1.29 is 0 Å². The molecule has 0 saturated carbocycles. The van der Waals surface area contributed by atoms with Crippen molar-refractivity contribution >= 4 is 16.7 Å². The van der Waals surface area contributed by atoms with Gasteiger partial charge in [-0.3, -0.25) is 0 Å². The molecule has 10 nitrogen and oxygen atoms in total. The smallest absolute Gasteiger partial charge is 0.164 e. The summed E-state index contributed by atoms with van der Waals surface area (Å²) in [4.78, 5) is 8.71. The average Bonchev–Trinajstić information content (AvgIpc) is 3.35. The summed E-state index contributed by atoms with van der Waals surface area (Å²) in [6.45, 7) is 0.120. The van der Waals surface area contributed by atoms with Crippen LogP contribution in [0.5, 0.6) is 0 Å². The van der Waals surface area contributed by atoms with E-state index in [1.54, 1.807) is 46.3 Å². The minimum atomic E-state index is 0.120. The van der Waals surface area contributed by atoms with E-state index in [-0.39, 0.29) is 6.54 Å². The fraction of sp³-hybridized carbons (Fsp3) is 0.0625. The molecule has 0 amide bonds. The molecular formula is C16H10N10. The number of hydrogen-bond acceptors (Lipinski definition) is 8. The highest BCUT2D eigenvalue weighted by Gasteiger charge is 2.13. The van der Waals surface area contributed by atoms with Gasteiger partial charge in [-0.05, 0) is 6.07 Å². The number of hydrogen-bond donors (Lipinski definition) is 1. The molecular weight excluding hydrogens is 332 g/mol. The van der Waals surface area contributed by atoms with Crippen LogP contribution in [0, 0.1) is 22.7 Å². The minimum absolute atomic E-state index is 0.120. The standard InChI is InChI=1S/C16H10N10/c17-1-2-19-13-6-15(20-10-14(13)25-4-3-22-24-25)26-16-12(9-23-26)5-11(7-18)8-21-16/h3-6,8-10H,2H2,(H,19,20). The van der Waals surface area contributed by atoms with Gasteiger partial charge in [-0.15, -0.1) is 5.10 Å². The zero-order chi connectivity index (χ0) is 17.9. The molecule has 0 unspecified atom stereocenters. The second-order valence-electron chi connectivity index (χ2n) is 5.22. The van der Waals surface area contributed by atoms with E-state index in [2.05, 4.69) is 36.8 Å². The molecule has 26 heavy (non-hydrogen) atoms. The summed E-state index contributed by atoms with van der Waals surface area (Å²) in [5.74, 6) is 0.515. The summed E-state index contributed by atoms with van der Waals surface area (Å²) in [7, 11) is 0. The molecule has 124 valence electrons. The first-order chi connectivity index (χ1) is 12.8. The third-order valence-corrected chi connectivity index (χ3v) is 3.65. The SMILES string of the molecule is N#CCNc1cc(-n2ncc3cc(C#N)cnc32)ncc1-n1ccnn1. The lowest BCUT2D eigenvalue weighted by Crippen LogP contribution is -2.09. The van der Waals surface area contributed by atoms with Crippen LogP contribution in [0.1, 0.15) is 5.56 Å². The van der Waals surface area contributed by atoms with E-state index in [1.807, 2.05) is 6.07 Å². The highest BCUT2D eigenvalue weighted by atomic mass is 15.4. The van der Waals surface area contributed by atoms with Crippen LogP contribution >= 0.6 is 0 Å². The van der Waals surface area contributed by atoms with Gasteiger partial charge in [0, 0.05) is 17.6 Å². The first kappa shape index (κ1) is 15.2. The maximum Gasteiger partial charge on any atom is 0.164 e. The van der Waals surface area contributed by atoms with E-state index in [9.17, 15) is 0 Å². The molecule has 0 aliphatic rings. The van der Waals surface area contributed by atoms with Gasteiger partial charge in [0.05, 0.1) is 42.1 Å². The third-order valence-electron chi connectivity index (χ3n) is 3.65. The second kappa shape index (κ2) is 6.30.